The van der Waals surface area contributed by atoms with Crippen LogP contribution in [0.2, 0.25) is 0 Å². The molecule has 5 heteroatoms. The van der Waals surface area contributed by atoms with E-state index in [9.17, 15) is 18.3 Å². The molecule has 2 nitrogen and oxygen atoms in total. The summed E-state index contributed by atoms with van der Waals surface area (Å²) in [6.45, 7) is -1.25. The van der Waals surface area contributed by atoms with Gasteiger partial charge in [0.15, 0.2) is 0 Å². The monoisotopic (exact) mass is 198 g/mol. The molecule has 1 aliphatic carbocycles. The molecule has 0 heterocycles. The Labute approximate surface area is 74.7 Å². The van der Waals surface area contributed by atoms with Crippen molar-refractivity contribution < 1.29 is 23.0 Å². The molecule has 0 aromatic rings. The van der Waals surface area contributed by atoms with Gasteiger partial charge in [0.25, 0.3) is 0 Å². The summed E-state index contributed by atoms with van der Waals surface area (Å²) >= 11 is 0. The standard InChI is InChI=1S/C8H13F3O2/c1-4-2-5(9)7(6(12)3-4)13-8(10)11/h4-8,12H,2-3H2,1H3. The SMILES string of the molecule is CC1CC(O)C(OC(F)F)C(F)C1. The molecule has 0 bridgehead atoms. The van der Waals surface area contributed by atoms with Gasteiger partial charge in [0.05, 0.1) is 6.10 Å². The first-order valence-electron chi connectivity index (χ1n) is 4.26. The summed E-state index contributed by atoms with van der Waals surface area (Å²) in [5.41, 5.74) is 0. The molecule has 1 rings (SSSR count). The smallest absolute Gasteiger partial charge is 0.345 e. The van der Waals surface area contributed by atoms with Gasteiger partial charge in [0, 0.05) is 0 Å². The van der Waals surface area contributed by atoms with Crippen LogP contribution < -0.4 is 0 Å². The third kappa shape index (κ3) is 2.84. The van der Waals surface area contributed by atoms with Crippen LogP contribution in [0.4, 0.5) is 13.2 Å². The predicted octanol–water partition coefficient (Wildman–Crippen LogP) is 1.72. The number of ether oxygens (including phenoxy) is 1. The van der Waals surface area contributed by atoms with Crippen LogP contribution in [0.1, 0.15) is 19.8 Å². The average molecular weight is 198 g/mol. The highest BCUT2D eigenvalue weighted by Gasteiger charge is 2.38. The third-order valence-electron chi connectivity index (χ3n) is 2.27. The maximum atomic E-state index is 13.1. The van der Waals surface area contributed by atoms with Crippen LogP contribution in [0.3, 0.4) is 0 Å². The molecule has 1 saturated carbocycles. The lowest BCUT2D eigenvalue weighted by atomic mass is 9.85. The van der Waals surface area contributed by atoms with Gasteiger partial charge < -0.3 is 9.84 Å². The Balaban J connectivity index is 2.51. The van der Waals surface area contributed by atoms with Crippen LogP contribution in [0.5, 0.6) is 0 Å². The van der Waals surface area contributed by atoms with Crippen LogP contribution in [0.15, 0.2) is 0 Å². The quantitative estimate of drug-likeness (QED) is 0.732. The van der Waals surface area contributed by atoms with Crippen LogP contribution in [0.25, 0.3) is 0 Å². The molecule has 1 fully saturated rings. The van der Waals surface area contributed by atoms with Crippen molar-refractivity contribution in [3.63, 3.8) is 0 Å². The zero-order chi connectivity index (χ0) is 10.0. The summed E-state index contributed by atoms with van der Waals surface area (Å²) in [7, 11) is 0. The van der Waals surface area contributed by atoms with Gasteiger partial charge in [-0.25, -0.2) is 4.39 Å². The van der Waals surface area contributed by atoms with Gasteiger partial charge >= 0.3 is 6.61 Å². The topological polar surface area (TPSA) is 29.5 Å². The van der Waals surface area contributed by atoms with Crippen LogP contribution >= 0.6 is 0 Å². The molecule has 1 aliphatic rings. The summed E-state index contributed by atoms with van der Waals surface area (Å²) in [5, 5.41) is 9.26. The van der Waals surface area contributed by atoms with Crippen molar-refractivity contribution in [2.75, 3.05) is 0 Å². The summed E-state index contributed by atoms with van der Waals surface area (Å²) in [6, 6.07) is 0. The first kappa shape index (κ1) is 10.8. The lowest BCUT2D eigenvalue weighted by molar-refractivity contribution is -0.216. The second-order valence-corrected chi connectivity index (χ2v) is 3.52. The van der Waals surface area contributed by atoms with Gasteiger partial charge in [-0.3, -0.25) is 0 Å². The van der Waals surface area contributed by atoms with Crippen LogP contribution in [0, 0.1) is 5.92 Å². The van der Waals surface area contributed by atoms with Crippen molar-refractivity contribution in [2.45, 2.75) is 44.8 Å². The van der Waals surface area contributed by atoms with E-state index in [-0.39, 0.29) is 12.3 Å². The number of rotatable bonds is 2. The lowest BCUT2D eigenvalue weighted by Crippen LogP contribution is -2.44. The Morgan fingerprint density at radius 2 is 2.00 bits per heavy atom. The fourth-order valence-corrected chi connectivity index (χ4v) is 1.70. The molecule has 0 spiro atoms. The Kier molecular flexibility index (Phi) is 3.55. The number of alkyl halides is 3. The third-order valence-corrected chi connectivity index (χ3v) is 2.27. The second-order valence-electron chi connectivity index (χ2n) is 3.52. The number of aliphatic hydroxyl groups excluding tert-OH is 1. The van der Waals surface area contributed by atoms with Gasteiger partial charge in [-0.05, 0) is 18.8 Å². The zero-order valence-corrected chi connectivity index (χ0v) is 7.29. The molecule has 0 aromatic heterocycles. The average Bonchev–Trinajstić information content (AvgIpc) is 1.96. The second kappa shape index (κ2) is 4.28. The van der Waals surface area contributed by atoms with Crippen molar-refractivity contribution >= 4 is 0 Å². The summed E-state index contributed by atoms with van der Waals surface area (Å²) in [4.78, 5) is 0. The normalized spacial score (nSPS) is 41.1. The Bertz CT molecular complexity index is 153. The van der Waals surface area contributed by atoms with E-state index in [1.807, 2.05) is 0 Å². The summed E-state index contributed by atoms with van der Waals surface area (Å²) in [5.74, 6) is 0.0162. The molecule has 0 aliphatic heterocycles. The highest BCUT2D eigenvalue weighted by Crippen LogP contribution is 2.29. The van der Waals surface area contributed by atoms with Gasteiger partial charge in [-0.15, -0.1) is 0 Å². The van der Waals surface area contributed by atoms with E-state index in [1.54, 1.807) is 6.92 Å². The van der Waals surface area contributed by atoms with Gasteiger partial charge in [0.1, 0.15) is 12.3 Å². The maximum Gasteiger partial charge on any atom is 0.345 e. The maximum absolute atomic E-state index is 13.1. The summed E-state index contributed by atoms with van der Waals surface area (Å²) in [6.07, 6.45) is -3.48. The molecular formula is C8H13F3O2. The zero-order valence-electron chi connectivity index (χ0n) is 7.29. The van der Waals surface area contributed by atoms with Crippen molar-refractivity contribution in [2.24, 2.45) is 5.92 Å². The molecule has 0 amide bonds. The first-order valence-corrected chi connectivity index (χ1v) is 4.26. The minimum atomic E-state index is -3.02. The van der Waals surface area contributed by atoms with Crippen LogP contribution in [-0.2, 0) is 4.74 Å². The van der Waals surface area contributed by atoms with E-state index < -0.39 is 25.0 Å². The molecule has 4 unspecified atom stereocenters. The molecule has 0 radical (unpaired) electrons. The Morgan fingerprint density at radius 3 is 2.46 bits per heavy atom. The van der Waals surface area contributed by atoms with Crippen molar-refractivity contribution in [3.05, 3.63) is 0 Å². The fraction of sp³-hybridized carbons (Fsp3) is 1.00. The van der Waals surface area contributed by atoms with Crippen LogP contribution in [-0.4, -0.2) is 30.1 Å². The minimum Gasteiger partial charge on any atom is -0.390 e. The highest BCUT2D eigenvalue weighted by atomic mass is 19.3. The minimum absolute atomic E-state index is 0.0162. The Morgan fingerprint density at radius 1 is 1.38 bits per heavy atom. The first-order chi connectivity index (χ1) is 6.00. The van der Waals surface area contributed by atoms with E-state index in [4.69, 9.17) is 0 Å². The molecule has 13 heavy (non-hydrogen) atoms. The van der Waals surface area contributed by atoms with E-state index in [0.29, 0.717) is 6.42 Å². The predicted molar refractivity (Wildman–Crippen MR) is 40.2 cm³/mol. The molecule has 0 aromatic carbocycles. The number of hydrogen-bond acceptors (Lipinski definition) is 2. The fourth-order valence-electron chi connectivity index (χ4n) is 1.70. The number of halogens is 3. The van der Waals surface area contributed by atoms with E-state index in [2.05, 4.69) is 4.74 Å². The van der Waals surface area contributed by atoms with Crippen molar-refractivity contribution in [1.29, 1.82) is 0 Å². The van der Waals surface area contributed by atoms with Gasteiger partial charge in [-0.2, -0.15) is 8.78 Å². The number of hydrogen-bond donors (Lipinski definition) is 1. The molecule has 4 atom stereocenters. The largest absolute Gasteiger partial charge is 0.390 e. The summed E-state index contributed by atoms with van der Waals surface area (Å²) < 4.78 is 40.6. The van der Waals surface area contributed by atoms with Crippen molar-refractivity contribution in [3.8, 4) is 0 Å². The highest BCUT2D eigenvalue weighted by molar-refractivity contribution is 4.85. The Hall–Kier alpha value is -0.290. The number of aliphatic hydroxyl groups is 1. The van der Waals surface area contributed by atoms with E-state index in [1.165, 1.54) is 0 Å². The van der Waals surface area contributed by atoms with Crippen molar-refractivity contribution in [1.82, 2.24) is 0 Å². The van der Waals surface area contributed by atoms with Gasteiger partial charge in [0.2, 0.25) is 0 Å². The molecular weight excluding hydrogens is 185 g/mol. The molecule has 78 valence electrons. The lowest BCUT2D eigenvalue weighted by Gasteiger charge is -2.33. The van der Waals surface area contributed by atoms with E-state index in [0.717, 1.165) is 0 Å². The van der Waals surface area contributed by atoms with E-state index >= 15 is 0 Å². The van der Waals surface area contributed by atoms with Gasteiger partial charge in [-0.1, -0.05) is 6.92 Å². The molecule has 1 N–H and O–H groups in total. The molecule has 0 saturated heterocycles.